The molecule has 0 bridgehead atoms. The Hall–Kier alpha value is -0.820. The summed E-state index contributed by atoms with van der Waals surface area (Å²) in [5.74, 6) is 1.12. The molecule has 1 aromatic rings. The summed E-state index contributed by atoms with van der Waals surface area (Å²) < 4.78 is 6.94. The smallest absolute Gasteiger partial charge is 0.219 e. The van der Waals surface area contributed by atoms with Crippen molar-refractivity contribution in [1.82, 2.24) is 9.80 Å². The van der Waals surface area contributed by atoms with Crippen molar-refractivity contribution in [1.29, 1.82) is 0 Å². The van der Waals surface area contributed by atoms with Gasteiger partial charge in [0.15, 0.2) is 0 Å². The fourth-order valence-corrected chi connectivity index (χ4v) is 2.65. The third kappa shape index (κ3) is 4.94. The van der Waals surface area contributed by atoms with Gasteiger partial charge in [0.1, 0.15) is 5.75 Å². The van der Waals surface area contributed by atoms with E-state index in [4.69, 9.17) is 4.74 Å². The van der Waals surface area contributed by atoms with E-state index in [-0.39, 0.29) is 5.91 Å². The fourth-order valence-electron chi connectivity index (χ4n) is 2.30. The lowest BCUT2D eigenvalue weighted by Crippen LogP contribution is -2.48. The minimum Gasteiger partial charge on any atom is -0.494 e. The molecule has 5 heteroatoms. The van der Waals surface area contributed by atoms with Crippen LogP contribution in [0.5, 0.6) is 5.75 Å². The van der Waals surface area contributed by atoms with Gasteiger partial charge >= 0.3 is 0 Å². The summed E-state index contributed by atoms with van der Waals surface area (Å²) in [6.07, 6.45) is 1.02. The molecule has 1 aliphatic rings. The second-order valence-corrected chi connectivity index (χ2v) is 6.25. The van der Waals surface area contributed by atoms with Crippen LogP contribution in [0.2, 0.25) is 0 Å². The lowest BCUT2D eigenvalue weighted by molar-refractivity contribution is -0.130. The van der Waals surface area contributed by atoms with Gasteiger partial charge in [-0.1, -0.05) is 0 Å². The van der Waals surface area contributed by atoms with Crippen LogP contribution in [0.25, 0.3) is 0 Å². The molecule has 1 aliphatic heterocycles. The highest BCUT2D eigenvalue weighted by atomic mass is 127. The van der Waals surface area contributed by atoms with Crippen molar-refractivity contribution in [2.75, 3.05) is 39.3 Å². The van der Waals surface area contributed by atoms with E-state index in [1.54, 1.807) is 6.92 Å². The highest BCUT2D eigenvalue weighted by molar-refractivity contribution is 14.1. The zero-order valence-electron chi connectivity index (χ0n) is 11.8. The van der Waals surface area contributed by atoms with Crippen LogP contribution < -0.4 is 4.74 Å². The summed E-state index contributed by atoms with van der Waals surface area (Å²) in [6, 6.07) is 8.12. The van der Waals surface area contributed by atoms with Gasteiger partial charge in [-0.25, -0.2) is 0 Å². The second-order valence-electron chi connectivity index (χ2n) is 5.00. The number of hydrogen-bond acceptors (Lipinski definition) is 3. The molecule has 1 aromatic carbocycles. The number of piperazine rings is 1. The maximum Gasteiger partial charge on any atom is 0.219 e. The number of carbonyl (C=O) groups excluding carboxylic acids is 1. The number of carbonyl (C=O) groups is 1. The van der Waals surface area contributed by atoms with E-state index in [0.717, 1.165) is 51.5 Å². The third-order valence-electron chi connectivity index (χ3n) is 3.52. The molecule has 0 radical (unpaired) electrons. The molecule has 0 aromatic heterocycles. The topological polar surface area (TPSA) is 32.8 Å². The second kappa shape index (κ2) is 7.83. The van der Waals surface area contributed by atoms with Gasteiger partial charge in [0.25, 0.3) is 0 Å². The molecule has 0 aliphatic carbocycles. The summed E-state index contributed by atoms with van der Waals surface area (Å²) in [5, 5.41) is 0. The Morgan fingerprint density at radius 2 is 1.85 bits per heavy atom. The Morgan fingerprint density at radius 1 is 1.20 bits per heavy atom. The van der Waals surface area contributed by atoms with Crippen LogP contribution in [0.1, 0.15) is 13.3 Å². The highest BCUT2D eigenvalue weighted by Crippen LogP contribution is 2.13. The van der Waals surface area contributed by atoms with Crippen LogP contribution in [0.15, 0.2) is 24.3 Å². The molecule has 1 heterocycles. The molecule has 0 spiro atoms. The van der Waals surface area contributed by atoms with Crippen LogP contribution in [-0.2, 0) is 4.79 Å². The zero-order valence-corrected chi connectivity index (χ0v) is 14.0. The van der Waals surface area contributed by atoms with Gasteiger partial charge in [-0.15, -0.1) is 0 Å². The fraction of sp³-hybridized carbons (Fsp3) is 0.533. The van der Waals surface area contributed by atoms with Gasteiger partial charge in [-0.05, 0) is 53.3 Å². The summed E-state index contributed by atoms with van der Waals surface area (Å²) in [7, 11) is 0. The molecule has 0 unspecified atom stereocenters. The number of amides is 1. The van der Waals surface area contributed by atoms with Crippen molar-refractivity contribution in [3.8, 4) is 5.75 Å². The predicted octanol–water partition coefficient (Wildman–Crippen LogP) is 2.22. The number of halogens is 1. The standard InChI is InChI=1S/C15H21IN2O2/c1-13(19)18-10-8-17(9-11-18)7-2-12-20-15-5-3-14(16)4-6-15/h3-6H,2,7-12H2,1H3. The number of benzene rings is 1. The van der Waals surface area contributed by atoms with Crippen LogP contribution in [0, 0.1) is 3.57 Å². The Bertz CT molecular complexity index is 428. The highest BCUT2D eigenvalue weighted by Gasteiger charge is 2.17. The van der Waals surface area contributed by atoms with E-state index in [2.05, 4.69) is 39.6 Å². The lowest BCUT2D eigenvalue weighted by Gasteiger charge is -2.34. The van der Waals surface area contributed by atoms with E-state index in [9.17, 15) is 4.79 Å². The van der Waals surface area contributed by atoms with Gasteiger partial charge in [-0.2, -0.15) is 0 Å². The van der Waals surface area contributed by atoms with E-state index >= 15 is 0 Å². The first-order chi connectivity index (χ1) is 9.65. The summed E-state index contributed by atoms with van der Waals surface area (Å²) in [6.45, 7) is 7.08. The number of rotatable bonds is 5. The molecule has 4 nitrogen and oxygen atoms in total. The Labute approximate surface area is 134 Å². The first kappa shape index (κ1) is 15.6. The average molecular weight is 388 g/mol. The molecule has 1 saturated heterocycles. The van der Waals surface area contributed by atoms with Crippen LogP contribution in [0.3, 0.4) is 0 Å². The molecule has 0 saturated carbocycles. The Balaban J connectivity index is 1.60. The van der Waals surface area contributed by atoms with E-state index in [1.807, 2.05) is 17.0 Å². The molecule has 1 fully saturated rings. The quantitative estimate of drug-likeness (QED) is 0.573. The van der Waals surface area contributed by atoms with Gasteiger partial charge in [0, 0.05) is 43.2 Å². The minimum absolute atomic E-state index is 0.187. The van der Waals surface area contributed by atoms with Crippen LogP contribution in [0.4, 0.5) is 0 Å². The molecular formula is C15H21IN2O2. The first-order valence-corrected chi connectivity index (χ1v) is 8.09. The third-order valence-corrected chi connectivity index (χ3v) is 4.24. The van der Waals surface area contributed by atoms with Gasteiger partial charge < -0.3 is 9.64 Å². The number of nitrogens with zero attached hydrogens (tertiary/aromatic N) is 2. The monoisotopic (exact) mass is 388 g/mol. The van der Waals surface area contributed by atoms with E-state index < -0.39 is 0 Å². The largest absolute Gasteiger partial charge is 0.494 e. The summed E-state index contributed by atoms with van der Waals surface area (Å²) in [5.41, 5.74) is 0. The normalized spacial score (nSPS) is 16.2. The Morgan fingerprint density at radius 3 is 2.45 bits per heavy atom. The van der Waals surface area contributed by atoms with Gasteiger partial charge in [0.2, 0.25) is 5.91 Å². The molecule has 1 amide bonds. The van der Waals surface area contributed by atoms with Crippen LogP contribution >= 0.6 is 22.6 Å². The Kier molecular flexibility index (Phi) is 6.09. The van der Waals surface area contributed by atoms with Crippen molar-refractivity contribution in [2.24, 2.45) is 0 Å². The molecular weight excluding hydrogens is 367 g/mol. The first-order valence-electron chi connectivity index (χ1n) is 7.01. The minimum atomic E-state index is 0.187. The van der Waals surface area contributed by atoms with E-state index in [1.165, 1.54) is 3.57 Å². The number of ether oxygens (including phenoxy) is 1. The van der Waals surface area contributed by atoms with Gasteiger partial charge in [0.05, 0.1) is 6.61 Å². The maximum atomic E-state index is 11.2. The van der Waals surface area contributed by atoms with Crippen molar-refractivity contribution < 1.29 is 9.53 Å². The van der Waals surface area contributed by atoms with Crippen molar-refractivity contribution in [3.63, 3.8) is 0 Å². The molecule has 20 heavy (non-hydrogen) atoms. The van der Waals surface area contributed by atoms with Crippen LogP contribution in [-0.4, -0.2) is 55.0 Å². The average Bonchev–Trinajstić information content (AvgIpc) is 2.46. The van der Waals surface area contributed by atoms with Crippen molar-refractivity contribution in [3.05, 3.63) is 27.8 Å². The molecule has 0 atom stereocenters. The molecule has 2 rings (SSSR count). The SMILES string of the molecule is CC(=O)N1CCN(CCCOc2ccc(I)cc2)CC1. The van der Waals surface area contributed by atoms with Crippen molar-refractivity contribution >= 4 is 28.5 Å². The lowest BCUT2D eigenvalue weighted by atomic mass is 10.3. The van der Waals surface area contributed by atoms with Gasteiger partial charge in [-0.3, -0.25) is 9.69 Å². The predicted molar refractivity (Wildman–Crippen MR) is 88.0 cm³/mol. The van der Waals surface area contributed by atoms with Crippen molar-refractivity contribution in [2.45, 2.75) is 13.3 Å². The van der Waals surface area contributed by atoms with E-state index in [0.29, 0.717) is 0 Å². The molecule has 110 valence electrons. The molecule has 0 N–H and O–H groups in total. The maximum absolute atomic E-state index is 11.2. The summed E-state index contributed by atoms with van der Waals surface area (Å²) in [4.78, 5) is 15.5. The summed E-state index contributed by atoms with van der Waals surface area (Å²) >= 11 is 2.29. The zero-order chi connectivity index (χ0) is 14.4. The number of hydrogen-bond donors (Lipinski definition) is 0.